The first-order valence-corrected chi connectivity index (χ1v) is 8.82. The Balaban J connectivity index is 1.98. The van der Waals surface area contributed by atoms with Crippen molar-refractivity contribution in [3.05, 3.63) is 52.1 Å². The molecule has 3 aromatic rings. The maximum absolute atomic E-state index is 12.8. The lowest BCUT2D eigenvalue weighted by molar-refractivity contribution is -0.121. The molecule has 0 aliphatic heterocycles. The maximum Gasteiger partial charge on any atom is 0.295 e. The summed E-state index contributed by atoms with van der Waals surface area (Å²) in [5, 5.41) is 12.5. The third-order valence-electron chi connectivity index (χ3n) is 4.31. The largest absolute Gasteiger partial charge is 0.356 e. The van der Waals surface area contributed by atoms with Gasteiger partial charge in [-0.15, -0.1) is 0 Å². The van der Waals surface area contributed by atoms with E-state index in [4.69, 9.17) is 0 Å². The second-order valence-corrected chi connectivity index (χ2v) is 6.27. The monoisotopic (exact) mass is 353 g/mol. The Morgan fingerprint density at radius 2 is 1.88 bits per heavy atom. The summed E-state index contributed by atoms with van der Waals surface area (Å²) in [4.78, 5) is 24.6. The summed E-state index contributed by atoms with van der Waals surface area (Å²) in [6.45, 7) is 6.66. The van der Waals surface area contributed by atoms with E-state index in [1.807, 2.05) is 51.1 Å². The van der Waals surface area contributed by atoms with Gasteiger partial charge >= 0.3 is 0 Å². The molecule has 2 aromatic heterocycles. The van der Waals surface area contributed by atoms with E-state index in [1.165, 1.54) is 4.68 Å². The summed E-state index contributed by atoms with van der Waals surface area (Å²) in [5.74, 6) is -0.0794. The van der Waals surface area contributed by atoms with Crippen LogP contribution in [0.1, 0.15) is 31.2 Å². The predicted molar refractivity (Wildman–Crippen MR) is 101 cm³/mol. The average molecular weight is 353 g/mol. The van der Waals surface area contributed by atoms with E-state index in [1.54, 1.807) is 4.68 Å². The Morgan fingerprint density at radius 1 is 1.15 bits per heavy atom. The van der Waals surface area contributed by atoms with E-state index in [2.05, 4.69) is 15.5 Å². The standard InChI is InChI=1S/C19H23N5O2/c1-4-11-20-16(25)10-12-23-19(26)18-17(13(2)21-23)14(3)24(22-18)15-8-6-5-7-9-15/h5-9H,4,10-12H2,1-3H3,(H,20,25). The minimum atomic E-state index is -0.272. The molecule has 26 heavy (non-hydrogen) atoms. The van der Waals surface area contributed by atoms with E-state index >= 15 is 0 Å². The molecule has 2 heterocycles. The number of fused-ring (bicyclic) bond motifs is 1. The number of nitrogens with zero attached hydrogens (tertiary/aromatic N) is 4. The second kappa shape index (κ2) is 7.51. The van der Waals surface area contributed by atoms with Gasteiger partial charge in [0.25, 0.3) is 5.56 Å². The molecule has 0 bridgehead atoms. The van der Waals surface area contributed by atoms with E-state index in [0.29, 0.717) is 12.1 Å². The molecule has 136 valence electrons. The highest BCUT2D eigenvalue weighted by molar-refractivity contribution is 5.83. The van der Waals surface area contributed by atoms with Crippen molar-refractivity contribution in [2.24, 2.45) is 0 Å². The van der Waals surface area contributed by atoms with Crippen LogP contribution in [0.3, 0.4) is 0 Å². The molecule has 0 unspecified atom stereocenters. The number of carbonyl (C=O) groups is 1. The fourth-order valence-electron chi connectivity index (χ4n) is 3.02. The van der Waals surface area contributed by atoms with Crippen LogP contribution in [0, 0.1) is 13.8 Å². The molecule has 0 radical (unpaired) electrons. The van der Waals surface area contributed by atoms with Gasteiger partial charge in [0.1, 0.15) is 0 Å². The first-order chi connectivity index (χ1) is 12.5. The van der Waals surface area contributed by atoms with Gasteiger partial charge in [-0.25, -0.2) is 9.36 Å². The molecule has 3 rings (SSSR count). The highest BCUT2D eigenvalue weighted by Crippen LogP contribution is 2.20. The van der Waals surface area contributed by atoms with Crippen LogP contribution in [0.2, 0.25) is 0 Å². The molecule has 0 saturated heterocycles. The second-order valence-electron chi connectivity index (χ2n) is 6.27. The minimum absolute atomic E-state index is 0.0794. The molecule has 7 heteroatoms. The van der Waals surface area contributed by atoms with Crippen molar-refractivity contribution < 1.29 is 4.79 Å². The zero-order valence-corrected chi connectivity index (χ0v) is 15.3. The lowest BCUT2D eigenvalue weighted by Crippen LogP contribution is -2.29. The lowest BCUT2D eigenvalue weighted by atomic mass is 10.2. The minimum Gasteiger partial charge on any atom is -0.356 e. The normalized spacial score (nSPS) is 11.0. The van der Waals surface area contributed by atoms with E-state index in [-0.39, 0.29) is 24.4 Å². The van der Waals surface area contributed by atoms with Crippen molar-refractivity contribution in [2.75, 3.05) is 6.54 Å². The smallest absolute Gasteiger partial charge is 0.295 e. The number of rotatable bonds is 6. The van der Waals surface area contributed by atoms with Crippen LogP contribution < -0.4 is 10.9 Å². The van der Waals surface area contributed by atoms with Crippen molar-refractivity contribution in [1.82, 2.24) is 24.9 Å². The maximum atomic E-state index is 12.8. The van der Waals surface area contributed by atoms with E-state index < -0.39 is 0 Å². The van der Waals surface area contributed by atoms with Crippen molar-refractivity contribution in [2.45, 2.75) is 40.2 Å². The molecular weight excluding hydrogens is 330 g/mol. The number of nitrogens with one attached hydrogen (secondary N) is 1. The number of benzene rings is 1. The summed E-state index contributed by atoms with van der Waals surface area (Å²) < 4.78 is 3.10. The average Bonchev–Trinajstić information content (AvgIpc) is 3.00. The molecule has 7 nitrogen and oxygen atoms in total. The number of amides is 1. The van der Waals surface area contributed by atoms with Crippen LogP contribution in [0.15, 0.2) is 35.1 Å². The molecule has 0 fully saturated rings. The molecule has 0 aliphatic rings. The SMILES string of the molecule is CCCNC(=O)CCn1nc(C)c2c(C)n(-c3ccccc3)nc2c1=O. The number of hydrogen-bond donors (Lipinski definition) is 1. The van der Waals surface area contributed by atoms with Crippen molar-refractivity contribution in [3.63, 3.8) is 0 Å². The molecule has 0 saturated carbocycles. The van der Waals surface area contributed by atoms with E-state index in [9.17, 15) is 9.59 Å². The number of aryl methyl sites for hydroxylation is 3. The molecular formula is C19H23N5O2. The van der Waals surface area contributed by atoms with Gasteiger partial charge in [-0.3, -0.25) is 9.59 Å². The molecule has 1 N–H and O–H groups in total. The fourth-order valence-corrected chi connectivity index (χ4v) is 3.02. The van der Waals surface area contributed by atoms with Crippen LogP contribution in [-0.4, -0.2) is 32.0 Å². The topological polar surface area (TPSA) is 81.8 Å². The van der Waals surface area contributed by atoms with Gasteiger partial charge in [0.05, 0.1) is 29.0 Å². The lowest BCUT2D eigenvalue weighted by Gasteiger charge is -2.07. The summed E-state index contributed by atoms with van der Waals surface area (Å²) in [7, 11) is 0. The number of para-hydroxylation sites is 1. The molecule has 0 aliphatic carbocycles. The highest BCUT2D eigenvalue weighted by Gasteiger charge is 2.17. The van der Waals surface area contributed by atoms with Crippen LogP contribution in [-0.2, 0) is 11.3 Å². The Morgan fingerprint density at radius 3 is 2.58 bits per heavy atom. The highest BCUT2D eigenvalue weighted by atomic mass is 16.2. The van der Waals surface area contributed by atoms with Gasteiger partial charge in [-0.05, 0) is 32.4 Å². The van der Waals surface area contributed by atoms with Crippen molar-refractivity contribution in [1.29, 1.82) is 0 Å². The summed E-state index contributed by atoms with van der Waals surface area (Å²) in [6, 6.07) is 9.68. The first-order valence-electron chi connectivity index (χ1n) is 8.82. The predicted octanol–water partition coefficient (Wildman–Crippen LogP) is 2.12. The fraction of sp³-hybridized carbons (Fsp3) is 0.368. The summed E-state index contributed by atoms with van der Waals surface area (Å²) in [6.07, 6.45) is 1.10. The molecule has 0 atom stereocenters. The zero-order chi connectivity index (χ0) is 18.7. The van der Waals surface area contributed by atoms with Gasteiger partial charge in [0, 0.05) is 13.0 Å². The summed E-state index contributed by atoms with van der Waals surface area (Å²) >= 11 is 0. The quantitative estimate of drug-likeness (QED) is 0.736. The Kier molecular flexibility index (Phi) is 5.16. The third kappa shape index (κ3) is 3.37. The molecule has 1 aromatic carbocycles. The van der Waals surface area contributed by atoms with Gasteiger partial charge < -0.3 is 5.32 Å². The van der Waals surface area contributed by atoms with Crippen molar-refractivity contribution >= 4 is 16.8 Å². The Hall–Kier alpha value is -2.96. The van der Waals surface area contributed by atoms with Gasteiger partial charge in [-0.2, -0.15) is 10.2 Å². The van der Waals surface area contributed by atoms with Crippen LogP contribution in [0.5, 0.6) is 0 Å². The van der Waals surface area contributed by atoms with E-state index in [0.717, 1.165) is 28.9 Å². The zero-order valence-electron chi connectivity index (χ0n) is 15.3. The van der Waals surface area contributed by atoms with Gasteiger partial charge in [0.15, 0.2) is 5.52 Å². The number of aromatic nitrogens is 4. The number of hydrogen-bond acceptors (Lipinski definition) is 4. The van der Waals surface area contributed by atoms with Crippen molar-refractivity contribution in [3.8, 4) is 5.69 Å². The Bertz CT molecular complexity index is 989. The van der Waals surface area contributed by atoms with Crippen LogP contribution >= 0.6 is 0 Å². The van der Waals surface area contributed by atoms with Crippen LogP contribution in [0.4, 0.5) is 0 Å². The Labute approximate surface area is 151 Å². The van der Waals surface area contributed by atoms with Gasteiger partial charge in [-0.1, -0.05) is 25.1 Å². The van der Waals surface area contributed by atoms with Crippen LogP contribution in [0.25, 0.3) is 16.6 Å². The van der Waals surface area contributed by atoms with Gasteiger partial charge in [0.2, 0.25) is 5.91 Å². The molecule has 0 spiro atoms. The molecule has 1 amide bonds. The first kappa shape index (κ1) is 17.8. The third-order valence-corrected chi connectivity index (χ3v) is 4.31. The number of carbonyl (C=O) groups excluding carboxylic acids is 1. The summed E-state index contributed by atoms with van der Waals surface area (Å²) in [5.41, 5.74) is 2.61.